The van der Waals surface area contributed by atoms with Crippen LogP contribution < -0.4 is 0 Å². The van der Waals surface area contributed by atoms with Crippen LogP contribution in [-0.4, -0.2) is 13.2 Å². The summed E-state index contributed by atoms with van der Waals surface area (Å²) in [4.78, 5) is 13.4. The van der Waals surface area contributed by atoms with Crippen molar-refractivity contribution in [3.63, 3.8) is 0 Å². The summed E-state index contributed by atoms with van der Waals surface area (Å²) in [6.07, 6.45) is 1.48. The minimum Gasteiger partial charge on any atom is -0.380 e. The first-order chi connectivity index (χ1) is 6.77. The van der Waals surface area contributed by atoms with Crippen LogP contribution in [-0.2, 0) is 22.7 Å². The van der Waals surface area contributed by atoms with Gasteiger partial charge in [0.1, 0.15) is 0 Å². The van der Waals surface area contributed by atoms with Crippen LogP contribution in [0.15, 0.2) is 23.2 Å². The molecule has 3 nitrogen and oxygen atoms in total. The topological polar surface area (TPSA) is 38.7 Å². The quantitative estimate of drug-likeness (QED) is 0.566. The predicted octanol–water partition coefficient (Wildman–Crippen LogP) is 2.32. The first kappa shape index (κ1) is 10.9. The summed E-state index contributed by atoms with van der Waals surface area (Å²) < 4.78 is 4.96. The molecule has 4 heteroatoms. The fraction of sp³-hybridized carbons (Fsp3) is 0.300. The molecule has 0 N–H and O–H groups in total. The molecular formula is C10H10ClNO2. The first-order valence-electron chi connectivity index (χ1n) is 4.08. The van der Waals surface area contributed by atoms with Gasteiger partial charge in [0.15, 0.2) is 0 Å². The molecule has 0 aliphatic rings. The van der Waals surface area contributed by atoms with Gasteiger partial charge in [-0.05, 0) is 17.2 Å². The minimum absolute atomic E-state index is 0.316. The number of hydrogen-bond acceptors (Lipinski definition) is 3. The van der Waals surface area contributed by atoms with Gasteiger partial charge < -0.3 is 4.74 Å². The normalized spacial score (nSPS) is 9.57. The molecule has 0 saturated heterocycles. The van der Waals surface area contributed by atoms with E-state index in [-0.39, 0.29) is 0 Å². The second-order valence-corrected chi connectivity index (χ2v) is 3.17. The Balaban J connectivity index is 2.82. The average Bonchev–Trinajstić information content (AvgIpc) is 2.19. The number of hydrogen-bond donors (Lipinski definition) is 0. The van der Waals surface area contributed by atoms with Crippen molar-refractivity contribution >= 4 is 17.7 Å². The number of ether oxygens (including phenoxy) is 1. The van der Waals surface area contributed by atoms with Gasteiger partial charge in [-0.2, -0.15) is 0 Å². The molecule has 1 aromatic carbocycles. The second-order valence-electron chi connectivity index (χ2n) is 2.77. The van der Waals surface area contributed by atoms with E-state index < -0.39 is 0 Å². The molecule has 1 aromatic rings. The highest BCUT2D eigenvalue weighted by Crippen LogP contribution is 2.18. The van der Waals surface area contributed by atoms with Gasteiger partial charge in [-0.3, -0.25) is 0 Å². The van der Waals surface area contributed by atoms with Gasteiger partial charge >= 0.3 is 0 Å². The number of carbonyl (C=O) groups excluding carboxylic acids is 1. The van der Waals surface area contributed by atoms with E-state index in [4.69, 9.17) is 16.3 Å². The summed E-state index contributed by atoms with van der Waals surface area (Å²) in [6, 6.07) is 5.50. The summed E-state index contributed by atoms with van der Waals surface area (Å²) in [6.45, 7) is 0.798. The third-order valence-corrected chi connectivity index (χ3v) is 2.10. The van der Waals surface area contributed by atoms with E-state index in [1.54, 1.807) is 13.2 Å². The molecule has 0 bridgehead atoms. The molecule has 0 saturated carbocycles. The molecule has 0 spiro atoms. The lowest BCUT2D eigenvalue weighted by atomic mass is 10.1. The second kappa shape index (κ2) is 5.55. The summed E-state index contributed by atoms with van der Waals surface area (Å²) in [7, 11) is 1.61. The Hall–Kier alpha value is -1.15. The molecule has 0 atom stereocenters. The Morgan fingerprint density at radius 3 is 2.93 bits per heavy atom. The first-order valence-corrected chi connectivity index (χ1v) is 4.45. The number of halogens is 1. The number of isocyanates is 1. The van der Waals surface area contributed by atoms with Crippen molar-refractivity contribution in [1.29, 1.82) is 0 Å². The molecule has 1 rings (SSSR count). The zero-order valence-electron chi connectivity index (χ0n) is 7.79. The van der Waals surface area contributed by atoms with E-state index in [9.17, 15) is 4.79 Å². The molecule has 0 aliphatic heterocycles. The zero-order chi connectivity index (χ0) is 10.4. The predicted molar refractivity (Wildman–Crippen MR) is 54.0 cm³/mol. The number of aliphatic imine (C=N–C) groups is 1. The highest BCUT2D eigenvalue weighted by molar-refractivity contribution is 6.31. The molecule has 0 aromatic heterocycles. The molecule has 74 valence electrons. The van der Waals surface area contributed by atoms with Crippen LogP contribution >= 0.6 is 11.6 Å². The van der Waals surface area contributed by atoms with Crippen LogP contribution in [0.3, 0.4) is 0 Å². The van der Waals surface area contributed by atoms with Gasteiger partial charge in [0.2, 0.25) is 6.08 Å². The highest BCUT2D eigenvalue weighted by atomic mass is 35.5. The van der Waals surface area contributed by atoms with Crippen molar-refractivity contribution in [3.8, 4) is 0 Å². The van der Waals surface area contributed by atoms with Crippen molar-refractivity contribution in [3.05, 3.63) is 34.3 Å². The van der Waals surface area contributed by atoms with Gasteiger partial charge in [-0.25, -0.2) is 9.79 Å². The SMILES string of the molecule is COCc1ccc(CN=C=O)cc1Cl. The molecule has 0 heterocycles. The maximum Gasteiger partial charge on any atom is 0.235 e. The fourth-order valence-corrected chi connectivity index (χ4v) is 1.34. The lowest BCUT2D eigenvalue weighted by Crippen LogP contribution is -1.90. The molecule has 0 radical (unpaired) electrons. The number of benzene rings is 1. The summed E-state index contributed by atoms with van der Waals surface area (Å²) >= 11 is 5.97. The van der Waals surface area contributed by atoms with Gasteiger partial charge in [0.05, 0.1) is 13.2 Å². The van der Waals surface area contributed by atoms with Crippen LogP contribution in [0.2, 0.25) is 5.02 Å². The standard InChI is InChI=1S/C10H10ClNO2/c1-14-6-9-3-2-8(4-10(9)11)5-12-7-13/h2-4H,5-6H2,1H3. The lowest BCUT2D eigenvalue weighted by molar-refractivity contribution is 0.185. The lowest BCUT2D eigenvalue weighted by Gasteiger charge is -2.04. The Morgan fingerprint density at radius 1 is 1.57 bits per heavy atom. The zero-order valence-corrected chi connectivity index (χ0v) is 8.54. The van der Waals surface area contributed by atoms with Gasteiger partial charge in [-0.1, -0.05) is 23.7 Å². The minimum atomic E-state index is 0.316. The van der Waals surface area contributed by atoms with Gasteiger partial charge in [0, 0.05) is 12.1 Å². The van der Waals surface area contributed by atoms with Crippen LogP contribution in [0.5, 0.6) is 0 Å². The Bertz CT molecular complexity index is 359. The summed E-state index contributed by atoms with van der Waals surface area (Å²) in [5, 5.41) is 0.630. The van der Waals surface area contributed by atoms with Crippen LogP contribution in [0.1, 0.15) is 11.1 Å². The van der Waals surface area contributed by atoms with Gasteiger partial charge in [0.25, 0.3) is 0 Å². The molecule has 0 fully saturated rings. The maximum atomic E-state index is 9.89. The summed E-state index contributed by atoms with van der Waals surface area (Å²) in [5.41, 5.74) is 1.81. The van der Waals surface area contributed by atoms with Crippen LogP contribution in [0.4, 0.5) is 0 Å². The largest absolute Gasteiger partial charge is 0.380 e. The van der Waals surface area contributed by atoms with Crippen molar-refractivity contribution in [2.24, 2.45) is 4.99 Å². The fourth-order valence-electron chi connectivity index (χ4n) is 1.09. The van der Waals surface area contributed by atoms with Gasteiger partial charge in [-0.15, -0.1) is 0 Å². The van der Waals surface area contributed by atoms with E-state index in [2.05, 4.69) is 4.99 Å². The monoisotopic (exact) mass is 211 g/mol. The number of methoxy groups -OCH3 is 1. The number of nitrogens with zero attached hydrogens (tertiary/aromatic N) is 1. The molecule has 0 unspecified atom stereocenters. The van der Waals surface area contributed by atoms with Crippen molar-refractivity contribution in [2.75, 3.05) is 7.11 Å². The summed E-state index contributed by atoms with van der Waals surface area (Å²) in [5.74, 6) is 0. The van der Waals surface area contributed by atoms with E-state index >= 15 is 0 Å². The number of rotatable bonds is 4. The van der Waals surface area contributed by atoms with Crippen molar-refractivity contribution < 1.29 is 9.53 Å². The Kier molecular flexibility index (Phi) is 4.33. The maximum absolute atomic E-state index is 9.89. The third kappa shape index (κ3) is 2.96. The Labute approximate surface area is 87.4 Å². The van der Waals surface area contributed by atoms with Crippen LogP contribution in [0, 0.1) is 0 Å². The van der Waals surface area contributed by atoms with E-state index in [1.165, 1.54) is 6.08 Å². The van der Waals surface area contributed by atoms with Crippen molar-refractivity contribution in [2.45, 2.75) is 13.2 Å². The van der Waals surface area contributed by atoms with E-state index in [0.29, 0.717) is 18.2 Å². The molecule has 0 aliphatic carbocycles. The Morgan fingerprint density at radius 2 is 2.36 bits per heavy atom. The average molecular weight is 212 g/mol. The molecule has 14 heavy (non-hydrogen) atoms. The van der Waals surface area contributed by atoms with E-state index in [0.717, 1.165) is 11.1 Å². The van der Waals surface area contributed by atoms with Crippen molar-refractivity contribution in [1.82, 2.24) is 0 Å². The highest BCUT2D eigenvalue weighted by Gasteiger charge is 2.00. The molecular weight excluding hydrogens is 202 g/mol. The molecule has 0 amide bonds. The van der Waals surface area contributed by atoms with Crippen LogP contribution in [0.25, 0.3) is 0 Å². The third-order valence-electron chi connectivity index (χ3n) is 1.74. The van der Waals surface area contributed by atoms with E-state index in [1.807, 2.05) is 12.1 Å². The smallest absolute Gasteiger partial charge is 0.235 e.